The van der Waals surface area contributed by atoms with Crippen LogP contribution in [0.1, 0.15) is 19.8 Å². The molecule has 3 N–H and O–H groups in total. The second kappa shape index (κ2) is 5.60. The van der Waals surface area contributed by atoms with Gasteiger partial charge in [0.05, 0.1) is 11.6 Å². The molecule has 0 aliphatic rings. The number of nitrogens with one attached hydrogen (secondary N) is 1. The van der Waals surface area contributed by atoms with Crippen LogP contribution >= 0.6 is 0 Å². The maximum atomic E-state index is 11.8. The predicted octanol–water partition coefficient (Wildman–Crippen LogP) is 2.30. The number of hydrogen-bond donors (Lipinski definition) is 2. The van der Waals surface area contributed by atoms with Gasteiger partial charge in [0.1, 0.15) is 0 Å². The van der Waals surface area contributed by atoms with Gasteiger partial charge in [-0.05, 0) is 30.7 Å². The summed E-state index contributed by atoms with van der Waals surface area (Å²) < 4.78 is 0. The summed E-state index contributed by atoms with van der Waals surface area (Å²) in [4.78, 5) is 16.0. The van der Waals surface area contributed by atoms with Crippen molar-refractivity contribution >= 4 is 22.5 Å². The van der Waals surface area contributed by atoms with Gasteiger partial charge in [0, 0.05) is 17.3 Å². The van der Waals surface area contributed by atoms with Gasteiger partial charge in [0.25, 0.3) is 0 Å². The molecule has 0 saturated heterocycles. The molecule has 1 aromatic carbocycles. The maximum absolute atomic E-state index is 11.8. The topological polar surface area (TPSA) is 68.0 Å². The molecule has 1 atom stereocenters. The Morgan fingerprint density at radius 1 is 1.44 bits per heavy atom. The summed E-state index contributed by atoms with van der Waals surface area (Å²) >= 11 is 0. The fraction of sp³-hybridized carbons (Fsp3) is 0.286. The second-order valence-electron chi connectivity index (χ2n) is 4.30. The van der Waals surface area contributed by atoms with Gasteiger partial charge in [0.15, 0.2) is 0 Å². The van der Waals surface area contributed by atoms with Crippen molar-refractivity contribution < 1.29 is 4.79 Å². The molecular formula is C14H17N3O. The number of amides is 1. The van der Waals surface area contributed by atoms with E-state index in [0.29, 0.717) is 6.42 Å². The lowest BCUT2D eigenvalue weighted by atomic mass is 10.1. The summed E-state index contributed by atoms with van der Waals surface area (Å²) in [5.41, 5.74) is 7.43. The minimum Gasteiger partial charge on any atom is -0.325 e. The molecule has 4 heteroatoms. The van der Waals surface area contributed by atoms with E-state index in [9.17, 15) is 4.79 Å². The molecule has 18 heavy (non-hydrogen) atoms. The highest BCUT2D eigenvalue weighted by Crippen LogP contribution is 2.17. The van der Waals surface area contributed by atoms with Gasteiger partial charge in [-0.2, -0.15) is 0 Å². The first kappa shape index (κ1) is 12.5. The van der Waals surface area contributed by atoms with Crippen LogP contribution in [0.5, 0.6) is 0 Å². The lowest BCUT2D eigenvalue weighted by Gasteiger charge is -2.11. The van der Waals surface area contributed by atoms with Gasteiger partial charge >= 0.3 is 0 Å². The largest absolute Gasteiger partial charge is 0.325 e. The number of aromatic nitrogens is 1. The lowest BCUT2D eigenvalue weighted by molar-refractivity contribution is -0.117. The molecule has 0 fully saturated rings. The zero-order valence-corrected chi connectivity index (χ0v) is 10.4. The van der Waals surface area contributed by atoms with Crippen LogP contribution in [0.3, 0.4) is 0 Å². The number of nitrogens with two attached hydrogens (primary N) is 1. The molecule has 2 aromatic rings. The van der Waals surface area contributed by atoms with E-state index in [0.717, 1.165) is 23.0 Å². The van der Waals surface area contributed by atoms with Gasteiger partial charge in [-0.1, -0.05) is 19.4 Å². The van der Waals surface area contributed by atoms with Crippen molar-refractivity contribution in [3.05, 3.63) is 36.5 Å². The average Bonchev–Trinajstić information content (AvgIpc) is 2.39. The molecule has 1 aromatic heterocycles. The minimum atomic E-state index is -0.445. The van der Waals surface area contributed by atoms with Crippen molar-refractivity contribution in [2.24, 2.45) is 5.73 Å². The molecule has 0 spiro atoms. The molecule has 0 saturated carbocycles. The molecule has 1 amide bonds. The fourth-order valence-corrected chi connectivity index (χ4v) is 1.83. The third-order valence-corrected chi connectivity index (χ3v) is 2.81. The van der Waals surface area contributed by atoms with Crippen LogP contribution < -0.4 is 11.1 Å². The standard InChI is InChI=1S/C14H17N3O/c1-2-4-12(15)14(18)17-11-6-7-13-10(9-11)5-3-8-16-13/h3,5-9,12H,2,4,15H2,1H3,(H,17,18)/t12-/m0/s1. The van der Waals surface area contributed by atoms with Crippen LogP contribution in [0, 0.1) is 0 Å². The Hall–Kier alpha value is -1.94. The zero-order chi connectivity index (χ0) is 13.0. The van der Waals surface area contributed by atoms with E-state index < -0.39 is 6.04 Å². The first-order valence-electron chi connectivity index (χ1n) is 6.12. The summed E-state index contributed by atoms with van der Waals surface area (Å²) in [6.45, 7) is 2.01. The highest BCUT2D eigenvalue weighted by Gasteiger charge is 2.12. The van der Waals surface area contributed by atoms with Gasteiger partial charge in [-0.15, -0.1) is 0 Å². The number of carbonyl (C=O) groups excluding carboxylic acids is 1. The fourth-order valence-electron chi connectivity index (χ4n) is 1.83. The predicted molar refractivity (Wildman–Crippen MR) is 73.3 cm³/mol. The van der Waals surface area contributed by atoms with E-state index >= 15 is 0 Å². The molecule has 1 heterocycles. The highest BCUT2D eigenvalue weighted by atomic mass is 16.2. The number of rotatable bonds is 4. The monoisotopic (exact) mass is 243 g/mol. The molecule has 0 aliphatic carbocycles. The highest BCUT2D eigenvalue weighted by molar-refractivity contribution is 5.96. The quantitative estimate of drug-likeness (QED) is 0.865. The average molecular weight is 243 g/mol. The van der Waals surface area contributed by atoms with Gasteiger partial charge in [-0.25, -0.2) is 0 Å². The molecule has 94 valence electrons. The van der Waals surface area contributed by atoms with Crippen LogP contribution in [-0.2, 0) is 4.79 Å². The Bertz CT molecular complexity index is 553. The van der Waals surface area contributed by atoms with E-state index in [1.807, 2.05) is 37.3 Å². The van der Waals surface area contributed by atoms with Gasteiger partial charge < -0.3 is 11.1 Å². The minimum absolute atomic E-state index is 0.139. The first-order valence-corrected chi connectivity index (χ1v) is 6.12. The van der Waals surface area contributed by atoms with E-state index in [1.54, 1.807) is 6.20 Å². The van der Waals surface area contributed by atoms with E-state index in [2.05, 4.69) is 10.3 Å². The van der Waals surface area contributed by atoms with Crippen LogP contribution in [0.25, 0.3) is 10.9 Å². The summed E-state index contributed by atoms with van der Waals surface area (Å²) in [7, 11) is 0. The number of fused-ring (bicyclic) bond motifs is 1. The summed E-state index contributed by atoms with van der Waals surface area (Å²) in [6, 6.07) is 9.02. The van der Waals surface area contributed by atoms with Gasteiger partial charge in [-0.3, -0.25) is 9.78 Å². The normalized spacial score (nSPS) is 12.3. The summed E-state index contributed by atoms with van der Waals surface area (Å²) in [6.07, 6.45) is 3.34. The third-order valence-electron chi connectivity index (χ3n) is 2.81. The number of carbonyl (C=O) groups is 1. The number of nitrogens with zero attached hydrogens (tertiary/aromatic N) is 1. The Morgan fingerprint density at radius 3 is 3.06 bits per heavy atom. The number of benzene rings is 1. The number of hydrogen-bond acceptors (Lipinski definition) is 3. The lowest BCUT2D eigenvalue weighted by Crippen LogP contribution is -2.35. The number of pyridine rings is 1. The molecule has 0 bridgehead atoms. The number of anilines is 1. The van der Waals surface area contributed by atoms with Crippen LogP contribution in [0.15, 0.2) is 36.5 Å². The Morgan fingerprint density at radius 2 is 2.28 bits per heavy atom. The molecule has 0 radical (unpaired) electrons. The van der Waals surface area contributed by atoms with Gasteiger partial charge in [0.2, 0.25) is 5.91 Å². The zero-order valence-electron chi connectivity index (χ0n) is 10.4. The van der Waals surface area contributed by atoms with Crippen molar-refractivity contribution in [1.29, 1.82) is 0 Å². The van der Waals surface area contributed by atoms with Crippen molar-refractivity contribution in [2.45, 2.75) is 25.8 Å². The van der Waals surface area contributed by atoms with E-state index in [1.165, 1.54) is 0 Å². The SMILES string of the molecule is CCC[C@H](N)C(=O)Nc1ccc2ncccc2c1. The maximum Gasteiger partial charge on any atom is 0.241 e. The van der Waals surface area contributed by atoms with Crippen LogP contribution in [0.2, 0.25) is 0 Å². The smallest absolute Gasteiger partial charge is 0.241 e. The van der Waals surface area contributed by atoms with Crippen molar-refractivity contribution in [1.82, 2.24) is 4.98 Å². The Labute approximate surface area is 106 Å². The summed E-state index contributed by atoms with van der Waals surface area (Å²) in [5.74, 6) is -0.139. The van der Waals surface area contributed by atoms with E-state index in [4.69, 9.17) is 5.73 Å². The third kappa shape index (κ3) is 2.84. The van der Waals surface area contributed by atoms with E-state index in [-0.39, 0.29) is 5.91 Å². The van der Waals surface area contributed by atoms with Crippen LogP contribution in [0.4, 0.5) is 5.69 Å². The second-order valence-corrected chi connectivity index (χ2v) is 4.30. The molecule has 2 rings (SSSR count). The molecule has 0 unspecified atom stereocenters. The van der Waals surface area contributed by atoms with Crippen molar-refractivity contribution in [3.8, 4) is 0 Å². The molecule has 0 aliphatic heterocycles. The Kier molecular flexibility index (Phi) is 3.89. The van der Waals surface area contributed by atoms with Crippen molar-refractivity contribution in [2.75, 3.05) is 5.32 Å². The molecule has 4 nitrogen and oxygen atoms in total. The molecular weight excluding hydrogens is 226 g/mol. The van der Waals surface area contributed by atoms with Crippen molar-refractivity contribution in [3.63, 3.8) is 0 Å². The Balaban J connectivity index is 2.14. The first-order chi connectivity index (χ1) is 8.70. The van der Waals surface area contributed by atoms with Crippen LogP contribution in [-0.4, -0.2) is 16.9 Å². The summed E-state index contributed by atoms with van der Waals surface area (Å²) in [5, 5.41) is 3.83.